The van der Waals surface area contributed by atoms with Crippen LogP contribution in [0.2, 0.25) is 0 Å². The van der Waals surface area contributed by atoms with Crippen molar-refractivity contribution in [1.82, 2.24) is 4.90 Å². The van der Waals surface area contributed by atoms with Gasteiger partial charge in [-0.15, -0.1) is 0 Å². The summed E-state index contributed by atoms with van der Waals surface area (Å²) in [5.74, 6) is -0.770. The summed E-state index contributed by atoms with van der Waals surface area (Å²) in [6.07, 6.45) is -5.05. The average molecular weight is 403 g/mol. The van der Waals surface area contributed by atoms with Crippen LogP contribution in [0, 0.1) is 0 Å². The van der Waals surface area contributed by atoms with Gasteiger partial charge in [-0.25, -0.2) is 14.8 Å². The van der Waals surface area contributed by atoms with Gasteiger partial charge in [0.2, 0.25) is 5.96 Å². The maximum Gasteiger partial charge on any atom is 0.444 e. The highest BCUT2D eigenvalue weighted by atomic mass is 19.4. The molecule has 150 valence electrons. The van der Waals surface area contributed by atoms with E-state index in [2.05, 4.69) is 9.98 Å². The van der Waals surface area contributed by atoms with Crippen molar-refractivity contribution in [2.24, 2.45) is 9.98 Å². The molecular formula is C20H16F3N3O3. The van der Waals surface area contributed by atoms with Crippen molar-refractivity contribution < 1.29 is 27.8 Å². The second-order valence-corrected chi connectivity index (χ2v) is 6.70. The van der Waals surface area contributed by atoms with Crippen LogP contribution in [-0.2, 0) is 17.8 Å². The number of fused-ring (bicyclic) bond motifs is 1. The first-order valence-corrected chi connectivity index (χ1v) is 8.72. The van der Waals surface area contributed by atoms with Crippen molar-refractivity contribution in [1.29, 1.82) is 0 Å². The lowest BCUT2D eigenvalue weighted by Crippen LogP contribution is -2.49. The number of methoxy groups -OCH3 is 1. The predicted molar refractivity (Wildman–Crippen MR) is 98.4 cm³/mol. The summed E-state index contributed by atoms with van der Waals surface area (Å²) in [6, 6.07) is 12.7. The number of benzene rings is 2. The summed E-state index contributed by atoms with van der Waals surface area (Å²) < 4.78 is 45.9. The number of alkyl halides is 3. The summed E-state index contributed by atoms with van der Waals surface area (Å²) in [7, 11) is 1.26. The van der Waals surface area contributed by atoms with Crippen molar-refractivity contribution in [3.8, 4) is 0 Å². The van der Waals surface area contributed by atoms with E-state index in [0.717, 1.165) is 5.56 Å². The van der Waals surface area contributed by atoms with E-state index < -0.39 is 23.6 Å². The molecule has 4 rings (SSSR count). The van der Waals surface area contributed by atoms with E-state index in [-0.39, 0.29) is 24.6 Å². The molecule has 2 aliphatic heterocycles. The Morgan fingerprint density at radius 2 is 1.86 bits per heavy atom. The highest BCUT2D eigenvalue weighted by Crippen LogP contribution is 2.39. The number of guanidine groups is 1. The molecule has 0 aliphatic carbocycles. The number of halogens is 3. The van der Waals surface area contributed by atoms with Gasteiger partial charge in [0.05, 0.1) is 12.7 Å². The molecule has 0 saturated heterocycles. The van der Waals surface area contributed by atoms with Gasteiger partial charge < -0.3 is 14.7 Å². The van der Waals surface area contributed by atoms with Gasteiger partial charge >= 0.3 is 17.9 Å². The Hall–Kier alpha value is -3.20. The number of carbonyl (C=O) groups is 1. The normalized spacial score (nSPS) is 20.9. The van der Waals surface area contributed by atoms with Crippen LogP contribution in [0.1, 0.15) is 27.0 Å². The second-order valence-electron chi connectivity index (χ2n) is 6.70. The smallest absolute Gasteiger partial charge is 0.444 e. The quantitative estimate of drug-likeness (QED) is 0.783. The molecule has 1 atom stereocenters. The third-order valence-electron chi connectivity index (χ3n) is 4.92. The fourth-order valence-corrected chi connectivity index (χ4v) is 3.47. The van der Waals surface area contributed by atoms with E-state index in [1.165, 1.54) is 24.1 Å². The van der Waals surface area contributed by atoms with Gasteiger partial charge in [0.25, 0.3) is 0 Å². The molecule has 29 heavy (non-hydrogen) atoms. The van der Waals surface area contributed by atoms with Gasteiger partial charge in [0, 0.05) is 18.7 Å². The Kier molecular flexibility index (Phi) is 4.42. The van der Waals surface area contributed by atoms with E-state index in [1.807, 2.05) is 0 Å². The number of rotatable bonds is 2. The van der Waals surface area contributed by atoms with Crippen LogP contribution < -0.4 is 0 Å². The molecule has 6 nitrogen and oxygen atoms in total. The van der Waals surface area contributed by atoms with Crippen LogP contribution in [0.25, 0.3) is 0 Å². The first kappa shape index (κ1) is 19.1. The molecule has 9 heteroatoms. The van der Waals surface area contributed by atoms with Crippen LogP contribution >= 0.6 is 0 Å². The van der Waals surface area contributed by atoms with Gasteiger partial charge in [-0.3, -0.25) is 0 Å². The summed E-state index contributed by atoms with van der Waals surface area (Å²) in [5.41, 5.74) is -2.16. The lowest BCUT2D eigenvalue weighted by atomic mass is 10.0. The standard InChI is InChI=1S/C20H16F3N3O3/c1-29-17(27)14-9-5-8-13-10-26(11-15(13)14)18-24-16(12-6-3-2-4-7-12)19(28,25-18)20(21,22)23/h2-9,28H,10-11H2,1H3. The number of ether oxygens (including phenoxy) is 1. The topological polar surface area (TPSA) is 74.5 Å². The van der Waals surface area contributed by atoms with E-state index >= 15 is 0 Å². The molecule has 1 N–H and O–H groups in total. The summed E-state index contributed by atoms with van der Waals surface area (Å²) >= 11 is 0. The number of carbonyl (C=O) groups excluding carboxylic acids is 1. The molecule has 0 saturated carbocycles. The molecule has 2 aliphatic rings. The van der Waals surface area contributed by atoms with E-state index in [0.29, 0.717) is 11.1 Å². The molecule has 0 spiro atoms. The number of aliphatic imine (C=N–C) groups is 2. The van der Waals surface area contributed by atoms with Crippen LogP contribution in [-0.4, -0.2) is 46.7 Å². The Morgan fingerprint density at radius 3 is 2.52 bits per heavy atom. The fourth-order valence-electron chi connectivity index (χ4n) is 3.47. The van der Waals surface area contributed by atoms with Gasteiger partial charge in [0.15, 0.2) is 0 Å². The number of nitrogens with zero attached hydrogens (tertiary/aromatic N) is 3. The Labute approximate surface area is 164 Å². The van der Waals surface area contributed by atoms with Crippen molar-refractivity contribution in [2.75, 3.05) is 7.11 Å². The van der Waals surface area contributed by atoms with Gasteiger partial charge in [0.1, 0.15) is 5.71 Å². The highest BCUT2D eigenvalue weighted by Gasteiger charge is 2.61. The molecule has 2 aromatic rings. The molecule has 0 amide bonds. The molecule has 0 fully saturated rings. The number of esters is 1. The van der Waals surface area contributed by atoms with Crippen molar-refractivity contribution >= 4 is 17.6 Å². The maximum atomic E-state index is 13.7. The Morgan fingerprint density at radius 1 is 1.14 bits per heavy atom. The molecule has 0 radical (unpaired) electrons. The third-order valence-corrected chi connectivity index (χ3v) is 4.92. The zero-order chi connectivity index (χ0) is 20.8. The molecular weight excluding hydrogens is 387 g/mol. The minimum atomic E-state index is -5.05. The van der Waals surface area contributed by atoms with Crippen LogP contribution in [0.5, 0.6) is 0 Å². The third kappa shape index (κ3) is 3.07. The second kappa shape index (κ2) is 6.70. The predicted octanol–water partition coefficient (Wildman–Crippen LogP) is 2.90. The largest absolute Gasteiger partial charge is 0.465 e. The number of hydrogen-bond acceptors (Lipinski definition) is 6. The van der Waals surface area contributed by atoms with Gasteiger partial charge in [-0.05, 0) is 17.2 Å². The van der Waals surface area contributed by atoms with E-state index in [1.54, 1.807) is 36.4 Å². The fraction of sp³-hybridized carbons (Fsp3) is 0.250. The zero-order valence-corrected chi connectivity index (χ0v) is 15.3. The molecule has 2 heterocycles. The highest BCUT2D eigenvalue weighted by molar-refractivity contribution is 6.16. The van der Waals surface area contributed by atoms with Crippen LogP contribution in [0.15, 0.2) is 58.5 Å². The summed E-state index contributed by atoms with van der Waals surface area (Å²) in [6.45, 7) is 0.331. The summed E-state index contributed by atoms with van der Waals surface area (Å²) in [5, 5.41) is 10.4. The monoisotopic (exact) mass is 403 g/mol. The Bertz CT molecular complexity index is 1030. The van der Waals surface area contributed by atoms with Crippen LogP contribution in [0.3, 0.4) is 0 Å². The van der Waals surface area contributed by atoms with Crippen molar-refractivity contribution in [3.63, 3.8) is 0 Å². The molecule has 0 aromatic heterocycles. The van der Waals surface area contributed by atoms with Crippen molar-refractivity contribution in [3.05, 3.63) is 70.8 Å². The van der Waals surface area contributed by atoms with E-state index in [9.17, 15) is 23.1 Å². The van der Waals surface area contributed by atoms with Gasteiger partial charge in [-0.2, -0.15) is 13.2 Å². The average Bonchev–Trinajstić information content (AvgIpc) is 3.29. The van der Waals surface area contributed by atoms with Crippen LogP contribution in [0.4, 0.5) is 13.2 Å². The first-order valence-electron chi connectivity index (χ1n) is 8.72. The Balaban J connectivity index is 1.73. The summed E-state index contributed by atoms with van der Waals surface area (Å²) in [4.78, 5) is 21.1. The SMILES string of the molecule is COC(=O)c1cccc2c1CN(C1=NC(O)(C(F)(F)F)C(c3ccccc3)=N1)C2. The van der Waals surface area contributed by atoms with Gasteiger partial charge in [-0.1, -0.05) is 42.5 Å². The van der Waals surface area contributed by atoms with Crippen molar-refractivity contribution in [2.45, 2.75) is 25.0 Å². The minimum absolute atomic E-state index is 0.123. The molecule has 1 unspecified atom stereocenters. The zero-order valence-electron chi connectivity index (χ0n) is 15.3. The number of aliphatic hydroxyl groups is 1. The first-order chi connectivity index (χ1) is 13.7. The molecule has 2 aromatic carbocycles. The molecule has 0 bridgehead atoms. The van der Waals surface area contributed by atoms with E-state index in [4.69, 9.17) is 4.74 Å². The lowest BCUT2D eigenvalue weighted by molar-refractivity contribution is -0.226. The lowest BCUT2D eigenvalue weighted by Gasteiger charge is -2.24. The number of hydrogen-bond donors (Lipinski definition) is 1. The maximum absolute atomic E-state index is 13.7. The minimum Gasteiger partial charge on any atom is -0.465 e.